The van der Waals surface area contributed by atoms with Gasteiger partial charge in [-0.2, -0.15) is 0 Å². The zero-order chi connectivity index (χ0) is 23.1. The number of amides is 1. The Morgan fingerprint density at radius 3 is 2.48 bits per heavy atom. The molecule has 0 bridgehead atoms. The minimum atomic E-state index is -0.575. The number of nitrogens with one attached hydrogen (secondary N) is 1. The summed E-state index contributed by atoms with van der Waals surface area (Å²) in [4.78, 5) is 37.1. The van der Waals surface area contributed by atoms with Crippen molar-refractivity contribution in [2.75, 3.05) is 19.0 Å². The number of carbonyl (C=O) groups excluding carboxylic acids is 3. The molecule has 0 aliphatic heterocycles. The van der Waals surface area contributed by atoms with E-state index in [9.17, 15) is 14.4 Å². The van der Waals surface area contributed by atoms with Gasteiger partial charge in [-0.25, -0.2) is 4.79 Å². The fraction of sp³-hybridized carbons (Fsp3) is 0.348. The number of hydrogen-bond acceptors (Lipinski definition) is 7. The molecule has 1 amide bonds. The maximum absolute atomic E-state index is 12.5. The highest BCUT2D eigenvalue weighted by molar-refractivity contribution is 7.18. The molecule has 1 aromatic carbocycles. The third-order valence-corrected chi connectivity index (χ3v) is 5.47. The molecular formula is C23H27NO6S. The van der Waals surface area contributed by atoms with Crippen molar-refractivity contribution in [1.29, 1.82) is 0 Å². The van der Waals surface area contributed by atoms with Crippen LogP contribution in [-0.2, 0) is 9.53 Å². The number of benzene rings is 1. The lowest BCUT2D eigenvalue weighted by Crippen LogP contribution is -2.12. The van der Waals surface area contributed by atoms with Crippen LogP contribution in [0.15, 0.2) is 24.3 Å². The van der Waals surface area contributed by atoms with Gasteiger partial charge >= 0.3 is 5.97 Å². The fourth-order valence-electron chi connectivity index (χ4n) is 2.85. The highest BCUT2D eigenvalue weighted by atomic mass is 32.1. The van der Waals surface area contributed by atoms with Gasteiger partial charge in [0.15, 0.2) is 17.3 Å². The van der Waals surface area contributed by atoms with E-state index in [0.717, 1.165) is 16.9 Å². The smallest absolute Gasteiger partial charge is 0.341 e. The van der Waals surface area contributed by atoms with Crippen LogP contribution in [0.3, 0.4) is 0 Å². The van der Waals surface area contributed by atoms with E-state index >= 15 is 0 Å². The summed E-state index contributed by atoms with van der Waals surface area (Å²) in [7, 11) is 1.55. The van der Waals surface area contributed by atoms with Crippen LogP contribution in [0.4, 0.5) is 5.00 Å². The predicted octanol–water partition coefficient (Wildman–Crippen LogP) is 4.88. The molecule has 31 heavy (non-hydrogen) atoms. The first-order valence-corrected chi connectivity index (χ1v) is 10.6. The number of Topliss-reactive ketones (excluding diaryl/α,β-unsaturated/α-hetero) is 1. The molecule has 0 saturated carbocycles. The van der Waals surface area contributed by atoms with Gasteiger partial charge in [-0.3, -0.25) is 9.59 Å². The number of ketones is 1. The SMILES string of the molecule is CCOC(=O)c1c(NC(=O)/C=C/c2ccc(OC(C)C)c(OC)c2)sc(C(C)=O)c1C. The van der Waals surface area contributed by atoms with Crippen molar-refractivity contribution in [3.8, 4) is 11.5 Å². The third kappa shape index (κ3) is 6.18. The maximum Gasteiger partial charge on any atom is 0.341 e. The standard InChI is InChI=1S/C23H27NO6S/c1-7-29-23(27)20-14(4)21(15(5)25)31-22(20)24-19(26)11-9-16-8-10-17(30-13(2)3)18(12-16)28-6/h8-13H,7H2,1-6H3,(H,24,26)/b11-9+. The summed E-state index contributed by atoms with van der Waals surface area (Å²) in [5.41, 5.74) is 1.44. The minimum absolute atomic E-state index is 0.00353. The number of carbonyl (C=O) groups is 3. The number of thiophene rings is 1. The number of ether oxygens (including phenoxy) is 3. The average Bonchev–Trinajstić information content (AvgIpc) is 3.03. The maximum atomic E-state index is 12.5. The molecule has 0 fully saturated rings. The molecule has 0 unspecified atom stereocenters. The van der Waals surface area contributed by atoms with E-state index in [1.807, 2.05) is 13.8 Å². The van der Waals surface area contributed by atoms with Crippen molar-refractivity contribution in [3.63, 3.8) is 0 Å². The molecule has 166 valence electrons. The van der Waals surface area contributed by atoms with E-state index in [1.54, 1.807) is 45.2 Å². The Balaban J connectivity index is 2.24. The summed E-state index contributed by atoms with van der Waals surface area (Å²) in [5.74, 6) is -0.0263. The molecule has 8 heteroatoms. The molecule has 0 saturated heterocycles. The molecule has 0 aliphatic carbocycles. The lowest BCUT2D eigenvalue weighted by Gasteiger charge is -2.13. The van der Waals surface area contributed by atoms with Gasteiger partial charge in [0.05, 0.1) is 30.3 Å². The van der Waals surface area contributed by atoms with Crippen molar-refractivity contribution in [2.24, 2.45) is 0 Å². The summed E-state index contributed by atoms with van der Waals surface area (Å²) in [6.07, 6.45) is 2.96. The first kappa shape index (κ1) is 24.1. The molecule has 0 radical (unpaired) electrons. The molecule has 7 nitrogen and oxygen atoms in total. The van der Waals surface area contributed by atoms with Gasteiger partial charge in [-0.15, -0.1) is 11.3 Å². The van der Waals surface area contributed by atoms with Gasteiger partial charge in [0.25, 0.3) is 0 Å². The fourth-order valence-corrected chi connectivity index (χ4v) is 3.94. The molecule has 0 spiro atoms. The Bertz CT molecular complexity index is 1010. The number of methoxy groups -OCH3 is 1. The second-order valence-corrected chi connectivity index (χ2v) is 7.96. The summed E-state index contributed by atoms with van der Waals surface area (Å²) >= 11 is 1.06. The van der Waals surface area contributed by atoms with Crippen LogP contribution in [0.25, 0.3) is 6.08 Å². The Labute approximate surface area is 186 Å². The topological polar surface area (TPSA) is 90.9 Å². The van der Waals surface area contributed by atoms with E-state index < -0.39 is 11.9 Å². The van der Waals surface area contributed by atoms with E-state index in [4.69, 9.17) is 14.2 Å². The molecule has 1 N–H and O–H groups in total. The first-order valence-electron chi connectivity index (χ1n) is 9.83. The van der Waals surface area contributed by atoms with Crippen LogP contribution in [-0.4, -0.2) is 37.5 Å². The minimum Gasteiger partial charge on any atom is -0.493 e. The van der Waals surface area contributed by atoms with Gasteiger partial charge in [0.1, 0.15) is 5.00 Å². The zero-order valence-corrected chi connectivity index (χ0v) is 19.3. The van der Waals surface area contributed by atoms with Crippen molar-refractivity contribution in [1.82, 2.24) is 0 Å². The van der Waals surface area contributed by atoms with Gasteiger partial charge in [-0.1, -0.05) is 6.07 Å². The van der Waals surface area contributed by atoms with E-state index in [1.165, 1.54) is 13.0 Å². The first-order chi connectivity index (χ1) is 14.7. The second kappa shape index (κ2) is 10.8. The van der Waals surface area contributed by atoms with Crippen molar-refractivity contribution in [2.45, 2.75) is 40.7 Å². The second-order valence-electron chi connectivity index (χ2n) is 6.94. The summed E-state index contributed by atoms with van der Waals surface area (Å²) in [5, 5.41) is 2.97. The van der Waals surface area contributed by atoms with Crippen LogP contribution in [0.2, 0.25) is 0 Å². The molecular weight excluding hydrogens is 418 g/mol. The number of anilines is 1. The average molecular weight is 446 g/mol. The zero-order valence-electron chi connectivity index (χ0n) is 18.5. The predicted molar refractivity (Wildman–Crippen MR) is 121 cm³/mol. The largest absolute Gasteiger partial charge is 0.493 e. The van der Waals surface area contributed by atoms with Crippen LogP contribution < -0.4 is 14.8 Å². The van der Waals surface area contributed by atoms with Gasteiger partial charge in [0, 0.05) is 6.08 Å². The van der Waals surface area contributed by atoms with Crippen LogP contribution >= 0.6 is 11.3 Å². The van der Waals surface area contributed by atoms with Gasteiger partial charge < -0.3 is 19.5 Å². The molecule has 1 heterocycles. The van der Waals surface area contributed by atoms with Gasteiger partial charge in [0.2, 0.25) is 5.91 Å². The Hall–Kier alpha value is -3.13. The van der Waals surface area contributed by atoms with E-state index in [-0.39, 0.29) is 29.1 Å². The molecule has 0 atom stereocenters. The number of esters is 1. The van der Waals surface area contributed by atoms with Crippen LogP contribution in [0.1, 0.15) is 58.9 Å². The Morgan fingerprint density at radius 2 is 1.90 bits per heavy atom. The Kier molecular flexibility index (Phi) is 8.38. The highest BCUT2D eigenvalue weighted by Gasteiger charge is 2.24. The molecule has 2 rings (SSSR count). The summed E-state index contributed by atoms with van der Waals surface area (Å²) in [6.45, 7) is 8.81. The molecule has 0 aliphatic rings. The molecule has 1 aromatic heterocycles. The Morgan fingerprint density at radius 1 is 1.19 bits per heavy atom. The van der Waals surface area contributed by atoms with Crippen molar-refractivity contribution in [3.05, 3.63) is 45.8 Å². The van der Waals surface area contributed by atoms with E-state index in [2.05, 4.69) is 5.32 Å². The normalized spacial score (nSPS) is 10.9. The number of rotatable bonds is 9. The van der Waals surface area contributed by atoms with Crippen LogP contribution in [0, 0.1) is 6.92 Å². The van der Waals surface area contributed by atoms with Crippen molar-refractivity contribution < 1.29 is 28.6 Å². The van der Waals surface area contributed by atoms with E-state index in [0.29, 0.717) is 21.9 Å². The lowest BCUT2D eigenvalue weighted by molar-refractivity contribution is -0.111. The quantitative estimate of drug-likeness (QED) is 0.336. The van der Waals surface area contributed by atoms with Crippen molar-refractivity contribution >= 4 is 40.1 Å². The number of hydrogen-bond donors (Lipinski definition) is 1. The lowest BCUT2D eigenvalue weighted by atomic mass is 10.1. The monoisotopic (exact) mass is 445 g/mol. The van der Waals surface area contributed by atoms with Crippen LogP contribution in [0.5, 0.6) is 11.5 Å². The van der Waals surface area contributed by atoms with Gasteiger partial charge in [-0.05, 0) is 64.0 Å². The summed E-state index contributed by atoms with van der Waals surface area (Å²) < 4.78 is 16.1. The summed E-state index contributed by atoms with van der Waals surface area (Å²) in [6, 6.07) is 5.34. The third-order valence-electron chi connectivity index (χ3n) is 4.16. The molecule has 2 aromatic rings. The highest BCUT2D eigenvalue weighted by Crippen LogP contribution is 2.34.